The lowest BCUT2D eigenvalue weighted by molar-refractivity contribution is -0.143. The molecule has 3 N–H and O–H groups in total. The smallest absolute Gasteiger partial charge is 0.306 e. The van der Waals surface area contributed by atoms with Gasteiger partial charge in [0.15, 0.2) is 0 Å². The molecule has 0 aliphatic carbocycles. The number of rotatable bonds is 9. The quantitative estimate of drug-likeness (QED) is 0.599. The van der Waals surface area contributed by atoms with Gasteiger partial charge in [0.05, 0.1) is 12.1 Å². The SMILES string of the molecule is O=C(O)CCC(CCP(=O)(O)Cc1ccccc1F)C(=O)O. The van der Waals surface area contributed by atoms with Crippen molar-refractivity contribution in [1.29, 1.82) is 0 Å². The van der Waals surface area contributed by atoms with Crippen molar-refractivity contribution in [3.63, 3.8) is 0 Å². The second-order valence-corrected chi connectivity index (χ2v) is 7.53. The average Bonchev–Trinajstić information content (AvgIpc) is 2.40. The minimum absolute atomic E-state index is 0.103. The normalized spacial score (nSPS) is 15.0. The Bertz CT molecular complexity index is 588. The molecule has 1 aromatic rings. The molecule has 2 atom stereocenters. The van der Waals surface area contributed by atoms with Crippen LogP contribution >= 0.6 is 7.37 Å². The molecule has 0 amide bonds. The first-order valence-corrected chi connectivity index (χ1v) is 8.73. The van der Waals surface area contributed by atoms with Gasteiger partial charge < -0.3 is 15.1 Å². The molecule has 0 saturated heterocycles. The molecule has 0 aromatic heterocycles. The Morgan fingerprint density at radius 3 is 2.36 bits per heavy atom. The van der Waals surface area contributed by atoms with Crippen LogP contribution in [0.3, 0.4) is 0 Å². The van der Waals surface area contributed by atoms with Crippen LogP contribution in [0, 0.1) is 11.7 Å². The predicted octanol–water partition coefficient (Wildman–Crippen LogP) is 2.55. The third-order valence-electron chi connectivity index (χ3n) is 3.26. The number of carbonyl (C=O) groups is 2. The highest BCUT2D eigenvalue weighted by Crippen LogP contribution is 2.46. The highest BCUT2D eigenvalue weighted by atomic mass is 31.2. The molecule has 0 heterocycles. The second-order valence-electron chi connectivity index (χ2n) is 5.08. The summed E-state index contributed by atoms with van der Waals surface area (Å²) < 4.78 is 25.5. The fourth-order valence-electron chi connectivity index (χ4n) is 2.02. The predicted molar refractivity (Wildman–Crippen MR) is 77.4 cm³/mol. The van der Waals surface area contributed by atoms with Crippen molar-refractivity contribution in [3.05, 3.63) is 35.6 Å². The van der Waals surface area contributed by atoms with E-state index < -0.39 is 31.0 Å². The summed E-state index contributed by atoms with van der Waals surface area (Å²) in [4.78, 5) is 31.4. The molecule has 0 aliphatic heterocycles. The molecule has 0 radical (unpaired) electrons. The summed E-state index contributed by atoms with van der Waals surface area (Å²) in [5.74, 6) is -3.91. The van der Waals surface area contributed by atoms with E-state index in [1.807, 2.05) is 0 Å². The zero-order valence-corrected chi connectivity index (χ0v) is 12.7. The average molecular weight is 332 g/mol. The lowest BCUT2D eigenvalue weighted by Crippen LogP contribution is -2.17. The van der Waals surface area contributed by atoms with Crippen molar-refractivity contribution in [3.8, 4) is 0 Å². The lowest BCUT2D eigenvalue weighted by Gasteiger charge is -2.15. The Hall–Kier alpha value is -1.72. The van der Waals surface area contributed by atoms with Gasteiger partial charge >= 0.3 is 11.9 Å². The summed E-state index contributed by atoms with van der Waals surface area (Å²) in [6.07, 6.45) is -1.21. The van der Waals surface area contributed by atoms with Crippen molar-refractivity contribution in [2.24, 2.45) is 5.92 Å². The molecule has 0 saturated carbocycles. The van der Waals surface area contributed by atoms with Gasteiger partial charge in [0.1, 0.15) is 5.82 Å². The zero-order chi connectivity index (χ0) is 16.8. The summed E-state index contributed by atoms with van der Waals surface area (Å²) in [5.41, 5.74) is 0.103. The van der Waals surface area contributed by atoms with E-state index in [0.717, 1.165) is 0 Å². The minimum Gasteiger partial charge on any atom is -0.481 e. The zero-order valence-electron chi connectivity index (χ0n) is 11.8. The van der Waals surface area contributed by atoms with E-state index in [2.05, 4.69) is 0 Å². The summed E-state index contributed by atoms with van der Waals surface area (Å²) in [7, 11) is -3.73. The van der Waals surface area contributed by atoms with Gasteiger partial charge in [-0.2, -0.15) is 0 Å². The monoisotopic (exact) mass is 332 g/mol. The summed E-state index contributed by atoms with van der Waals surface area (Å²) in [6, 6.07) is 5.60. The van der Waals surface area contributed by atoms with E-state index in [4.69, 9.17) is 10.2 Å². The maximum Gasteiger partial charge on any atom is 0.306 e. The van der Waals surface area contributed by atoms with Gasteiger partial charge in [0.25, 0.3) is 0 Å². The van der Waals surface area contributed by atoms with E-state index in [9.17, 15) is 23.4 Å². The largest absolute Gasteiger partial charge is 0.481 e. The van der Waals surface area contributed by atoms with Crippen molar-refractivity contribution >= 4 is 19.3 Å². The van der Waals surface area contributed by atoms with Gasteiger partial charge in [-0.15, -0.1) is 0 Å². The third-order valence-corrected chi connectivity index (χ3v) is 5.05. The molecule has 1 aromatic carbocycles. The van der Waals surface area contributed by atoms with Crippen LogP contribution in [0.5, 0.6) is 0 Å². The fourth-order valence-corrected chi connectivity index (χ4v) is 3.68. The molecule has 0 aliphatic rings. The van der Waals surface area contributed by atoms with Crippen LogP contribution in [0.25, 0.3) is 0 Å². The Labute approximate surface area is 127 Å². The first kappa shape index (κ1) is 18.3. The molecule has 2 unspecified atom stereocenters. The number of halogens is 1. The van der Waals surface area contributed by atoms with Crippen molar-refractivity contribution in [2.75, 3.05) is 6.16 Å². The van der Waals surface area contributed by atoms with Crippen LogP contribution in [0.4, 0.5) is 4.39 Å². The fraction of sp³-hybridized carbons (Fsp3) is 0.429. The lowest BCUT2D eigenvalue weighted by atomic mass is 10.0. The van der Waals surface area contributed by atoms with Crippen LogP contribution in [0.15, 0.2) is 24.3 Å². The maximum atomic E-state index is 13.5. The number of hydrogen-bond donors (Lipinski definition) is 3. The first-order chi connectivity index (χ1) is 10.2. The Morgan fingerprint density at radius 2 is 1.82 bits per heavy atom. The van der Waals surface area contributed by atoms with Crippen LogP contribution < -0.4 is 0 Å². The first-order valence-electron chi connectivity index (χ1n) is 6.70. The number of carboxylic acids is 2. The van der Waals surface area contributed by atoms with Crippen molar-refractivity contribution in [2.45, 2.75) is 25.4 Å². The van der Waals surface area contributed by atoms with Crippen LogP contribution in [0.1, 0.15) is 24.8 Å². The van der Waals surface area contributed by atoms with Gasteiger partial charge in [-0.05, 0) is 24.5 Å². The van der Waals surface area contributed by atoms with Gasteiger partial charge in [0.2, 0.25) is 7.37 Å². The maximum absolute atomic E-state index is 13.5. The minimum atomic E-state index is -3.73. The number of benzene rings is 1. The van der Waals surface area contributed by atoms with Gasteiger partial charge in [-0.1, -0.05) is 18.2 Å². The van der Waals surface area contributed by atoms with Gasteiger partial charge in [-0.3, -0.25) is 14.2 Å². The third kappa shape index (κ3) is 6.37. The molecular formula is C14H18FO6P. The van der Waals surface area contributed by atoms with Crippen LogP contribution in [-0.2, 0) is 20.3 Å². The Balaban J connectivity index is 2.63. The molecule has 0 spiro atoms. The molecule has 1 rings (SSSR count). The van der Waals surface area contributed by atoms with Crippen LogP contribution in [0.2, 0.25) is 0 Å². The highest BCUT2D eigenvalue weighted by molar-refractivity contribution is 7.57. The van der Waals surface area contributed by atoms with E-state index >= 15 is 0 Å². The molecule has 0 bridgehead atoms. The molecule has 0 fully saturated rings. The molecule has 122 valence electrons. The summed E-state index contributed by atoms with van der Waals surface area (Å²) in [5, 5.41) is 17.6. The van der Waals surface area contributed by atoms with Crippen molar-refractivity contribution in [1.82, 2.24) is 0 Å². The molecular weight excluding hydrogens is 314 g/mol. The topological polar surface area (TPSA) is 112 Å². The van der Waals surface area contributed by atoms with E-state index in [1.54, 1.807) is 6.07 Å². The summed E-state index contributed by atoms with van der Waals surface area (Å²) in [6.45, 7) is 0. The highest BCUT2D eigenvalue weighted by Gasteiger charge is 2.26. The molecule has 22 heavy (non-hydrogen) atoms. The number of hydrogen-bond acceptors (Lipinski definition) is 3. The Morgan fingerprint density at radius 1 is 1.18 bits per heavy atom. The number of aliphatic carboxylic acids is 2. The number of carboxylic acid groups (broad SMARTS) is 2. The van der Waals surface area contributed by atoms with E-state index in [1.165, 1.54) is 18.2 Å². The Kier molecular flexibility index (Phi) is 6.71. The summed E-state index contributed by atoms with van der Waals surface area (Å²) >= 11 is 0. The molecule has 6 nitrogen and oxygen atoms in total. The van der Waals surface area contributed by atoms with Crippen LogP contribution in [-0.4, -0.2) is 33.2 Å². The molecule has 8 heteroatoms. The van der Waals surface area contributed by atoms with E-state index in [0.29, 0.717) is 0 Å². The van der Waals surface area contributed by atoms with Crippen molar-refractivity contribution < 1.29 is 33.7 Å². The van der Waals surface area contributed by atoms with Gasteiger partial charge in [0, 0.05) is 12.6 Å². The van der Waals surface area contributed by atoms with Gasteiger partial charge in [-0.25, -0.2) is 4.39 Å². The standard InChI is InChI=1S/C14H18FO6P/c15-12-4-2-1-3-11(12)9-22(20,21)8-7-10(14(18)19)5-6-13(16)17/h1-4,10H,5-9H2,(H,16,17)(H,18,19)(H,20,21). The van der Waals surface area contributed by atoms with E-state index in [-0.39, 0.29) is 37.1 Å². The second kappa shape index (κ2) is 8.06.